The summed E-state index contributed by atoms with van der Waals surface area (Å²) >= 11 is 3.57. The molecule has 30 heavy (non-hydrogen) atoms. The molecule has 3 aromatic carbocycles. The van der Waals surface area contributed by atoms with E-state index in [0.717, 1.165) is 30.7 Å². The lowest BCUT2D eigenvalue weighted by Gasteiger charge is -2.21. The van der Waals surface area contributed by atoms with Crippen molar-refractivity contribution in [2.75, 3.05) is 0 Å². The highest BCUT2D eigenvalue weighted by molar-refractivity contribution is 8.02. The number of allylic oxidation sites excluding steroid dienone is 2. The lowest BCUT2D eigenvalue weighted by Crippen LogP contribution is -2.12. The maximum Gasteiger partial charge on any atom is 0.0711 e. The second-order valence-corrected chi connectivity index (χ2v) is 9.18. The molecule has 0 aliphatic heterocycles. The molecule has 4 rings (SSSR count). The van der Waals surface area contributed by atoms with Crippen molar-refractivity contribution < 1.29 is 0 Å². The lowest BCUT2D eigenvalue weighted by molar-refractivity contribution is 0.814. The van der Waals surface area contributed by atoms with Gasteiger partial charge in [0.15, 0.2) is 0 Å². The van der Waals surface area contributed by atoms with E-state index in [0.29, 0.717) is 0 Å². The van der Waals surface area contributed by atoms with Gasteiger partial charge in [-0.25, -0.2) is 4.99 Å². The van der Waals surface area contributed by atoms with E-state index in [9.17, 15) is 0 Å². The molecule has 0 spiro atoms. The van der Waals surface area contributed by atoms with Gasteiger partial charge in [-0.1, -0.05) is 77.6 Å². The Bertz CT molecular complexity index is 988. The summed E-state index contributed by atoms with van der Waals surface area (Å²) in [6.07, 6.45) is 3.30. The second kappa shape index (κ2) is 10.5. The molecule has 0 bridgehead atoms. The van der Waals surface area contributed by atoms with Crippen molar-refractivity contribution in [1.82, 2.24) is 0 Å². The molecule has 1 nitrogen and oxygen atoms in total. The Morgan fingerprint density at radius 1 is 0.667 bits per heavy atom. The summed E-state index contributed by atoms with van der Waals surface area (Å²) in [5.41, 5.74) is 6.07. The third-order valence-corrected chi connectivity index (χ3v) is 6.83. The van der Waals surface area contributed by atoms with Gasteiger partial charge in [0.25, 0.3) is 0 Å². The van der Waals surface area contributed by atoms with Crippen LogP contribution in [0.5, 0.6) is 0 Å². The fourth-order valence-electron chi connectivity index (χ4n) is 3.31. The summed E-state index contributed by atoms with van der Waals surface area (Å²) < 4.78 is 0. The molecule has 1 fully saturated rings. The Morgan fingerprint density at radius 3 is 1.67 bits per heavy atom. The van der Waals surface area contributed by atoms with Crippen LogP contribution in [0.3, 0.4) is 0 Å². The Morgan fingerprint density at radius 2 is 1.17 bits per heavy atom. The Kier molecular flexibility index (Phi) is 7.28. The molecule has 0 saturated heterocycles. The summed E-state index contributed by atoms with van der Waals surface area (Å²) in [4.78, 5) is 7.62. The number of thioether (sulfide) groups is 2. The molecule has 0 atom stereocenters. The van der Waals surface area contributed by atoms with Crippen LogP contribution in [0.1, 0.15) is 24.8 Å². The molecule has 0 radical (unpaired) electrons. The number of aliphatic imine (C=N–C) groups is 1. The van der Waals surface area contributed by atoms with Crippen LogP contribution in [0.2, 0.25) is 0 Å². The van der Waals surface area contributed by atoms with Crippen LogP contribution in [0.4, 0.5) is 5.69 Å². The average molecular weight is 428 g/mol. The lowest BCUT2D eigenvalue weighted by atomic mass is 9.90. The van der Waals surface area contributed by atoms with Crippen molar-refractivity contribution in [3.8, 4) is 0 Å². The molecule has 3 heteroatoms. The SMILES string of the molecule is Cc1ccc(N=C2/C(=C\Sc3ccccc3)CCC/C2=C\Sc2ccccc2)cc1. The minimum atomic E-state index is 1.02. The molecular weight excluding hydrogens is 402 g/mol. The number of aryl methyl sites for hydroxylation is 1. The van der Waals surface area contributed by atoms with Gasteiger partial charge in [0.2, 0.25) is 0 Å². The quantitative estimate of drug-likeness (QED) is 0.378. The van der Waals surface area contributed by atoms with Crippen molar-refractivity contribution in [2.24, 2.45) is 4.99 Å². The first-order valence-corrected chi connectivity index (χ1v) is 12.0. The van der Waals surface area contributed by atoms with E-state index in [-0.39, 0.29) is 0 Å². The molecule has 1 aliphatic rings. The standard InChI is InChI=1S/C27H25NS2/c1-21-15-17-24(18-16-21)28-27-22(19-29-25-11-4-2-5-12-25)9-8-10-23(27)20-30-26-13-6-3-7-14-26/h2-7,11-20H,8-10H2,1H3/b22-19-,23-20+,28-27?. The van der Waals surface area contributed by atoms with E-state index in [4.69, 9.17) is 4.99 Å². The van der Waals surface area contributed by atoms with Crippen LogP contribution in [-0.2, 0) is 0 Å². The number of hydrogen-bond donors (Lipinski definition) is 0. The molecular formula is C27H25NS2. The number of rotatable bonds is 5. The molecule has 0 aromatic heterocycles. The maximum absolute atomic E-state index is 5.10. The predicted octanol–water partition coefficient (Wildman–Crippen LogP) is 8.60. The normalized spacial score (nSPS) is 18.2. The Balaban J connectivity index is 1.66. The summed E-state index contributed by atoms with van der Waals surface area (Å²) in [6, 6.07) is 29.6. The van der Waals surface area contributed by atoms with Gasteiger partial charge in [0, 0.05) is 9.79 Å². The van der Waals surface area contributed by atoms with E-state index in [2.05, 4.69) is 103 Å². The van der Waals surface area contributed by atoms with Gasteiger partial charge in [0.1, 0.15) is 0 Å². The summed E-state index contributed by atoms with van der Waals surface area (Å²) in [7, 11) is 0. The number of hydrogen-bond acceptors (Lipinski definition) is 3. The first-order chi connectivity index (χ1) is 14.8. The number of benzene rings is 3. The highest BCUT2D eigenvalue weighted by atomic mass is 32.2. The minimum absolute atomic E-state index is 1.02. The molecule has 0 N–H and O–H groups in total. The minimum Gasteiger partial charge on any atom is -0.248 e. The third-order valence-electron chi connectivity index (χ3n) is 4.94. The largest absolute Gasteiger partial charge is 0.248 e. The van der Waals surface area contributed by atoms with Crippen molar-refractivity contribution in [2.45, 2.75) is 36.0 Å². The van der Waals surface area contributed by atoms with Gasteiger partial charge >= 0.3 is 0 Å². The van der Waals surface area contributed by atoms with Crippen LogP contribution in [0.15, 0.2) is 122 Å². The highest BCUT2D eigenvalue weighted by Crippen LogP contribution is 2.34. The van der Waals surface area contributed by atoms with E-state index in [1.54, 1.807) is 23.5 Å². The van der Waals surface area contributed by atoms with Gasteiger partial charge in [-0.3, -0.25) is 0 Å². The molecule has 1 saturated carbocycles. The molecule has 0 unspecified atom stereocenters. The van der Waals surface area contributed by atoms with Gasteiger partial charge in [0.05, 0.1) is 11.4 Å². The van der Waals surface area contributed by atoms with Crippen LogP contribution in [0.25, 0.3) is 0 Å². The second-order valence-electron chi connectivity index (χ2n) is 7.30. The maximum atomic E-state index is 5.10. The third kappa shape index (κ3) is 5.78. The van der Waals surface area contributed by atoms with Gasteiger partial charge < -0.3 is 0 Å². The first-order valence-electron chi connectivity index (χ1n) is 10.3. The van der Waals surface area contributed by atoms with E-state index in [1.165, 1.54) is 26.5 Å². The predicted molar refractivity (Wildman–Crippen MR) is 133 cm³/mol. The topological polar surface area (TPSA) is 12.4 Å². The summed E-state index contributed by atoms with van der Waals surface area (Å²) in [6.45, 7) is 2.11. The smallest absolute Gasteiger partial charge is 0.0711 e. The van der Waals surface area contributed by atoms with Gasteiger partial charge in [-0.2, -0.15) is 0 Å². The van der Waals surface area contributed by atoms with Crippen molar-refractivity contribution >= 4 is 34.9 Å². The zero-order chi connectivity index (χ0) is 20.6. The molecule has 1 aliphatic carbocycles. The van der Waals surface area contributed by atoms with E-state index >= 15 is 0 Å². The van der Waals surface area contributed by atoms with Crippen molar-refractivity contribution in [1.29, 1.82) is 0 Å². The molecule has 3 aromatic rings. The zero-order valence-corrected chi connectivity index (χ0v) is 18.8. The van der Waals surface area contributed by atoms with Crippen LogP contribution >= 0.6 is 23.5 Å². The fraction of sp³-hybridized carbons (Fsp3) is 0.148. The van der Waals surface area contributed by atoms with Gasteiger partial charge in [-0.05, 0) is 84.5 Å². The van der Waals surface area contributed by atoms with E-state index in [1.807, 2.05) is 0 Å². The molecule has 0 amide bonds. The number of nitrogens with zero attached hydrogens (tertiary/aromatic N) is 1. The summed E-state index contributed by atoms with van der Waals surface area (Å²) in [5, 5.41) is 4.59. The molecule has 150 valence electrons. The van der Waals surface area contributed by atoms with Crippen LogP contribution in [-0.4, -0.2) is 5.71 Å². The zero-order valence-electron chi connectivity index (χ0n) is 17.1. The van der Waals surface area contributed by atoms with Crippen molar-refractivity contribution in [3.05, 3.63) is 112 Å². The Labute approximate surface area is 188 Å². The monoisotopic (exact) mass is 427 g/mol. The first kappa shape index (κ1) is 20.8. The van der Waals surface area contributed by atoms with E-state index < -0.39 is 0 Å². The van der Waals surface area contributed by atoms with Crippen LogP contribution in [0, 0.1) is 6.92 Å². The van der Waals surface area contributed by atoms with Crippen LogP contribution < -0.4 is 0 Å². The molecule has 0 heterocycles. The van der Waals surface area contributed by atoms with Gasteiger partial charge in [-0.15, -0.1) is 0 Å². The average Bonchev–Trinajstić information content (AvgIpc) is 2.80. The van der Waals surface area contributed by atoms with Crippen molar-refractivity contribution in [3.63, 3.8) is 0 Å². The highest BCUT2D eigenvalue weighted by Gasteiger charge is 2.19. The summed E-state index contributed by atoms with van der Waals surface area (Å²) in [5.74, 6) is 0. The fourth-order valence-corrected chi connectivity index (χ4v) is 4.95. The Hall–Kier alpha value is -2.49.